The van der Waals surface area contributed by atoms with Gasteiger partial charge in [-0.15, -0.1) is 0 Å². The van der Waals surface area contributed by atoms with Crippen molar-refractivity contribution in [3.8, 4) is 5.75 Å². The van der Waals surface area contributed by atoms with Crippen molar-refractivity contribution in [3.63, 3.8) is 0 Å². The van der Waals surface area contributed by atoms with Gasteiger partial charge in [-0.1, -0.05) is 72.3 Å². The zero-order valence-corrected chi connectivity index (χ0v) is 18.2. The standard InChI is InChI=1S/C25H20ClN3O4/c26-20-11-12-21-16(14-20)13-17(15-33-21)22(30)28-29-23(31)25(27-24(29)32,18-7-3-1-4-8-18)19-9-5-2-6-10-19/h1-12,14,17H,13,15H2,(H,27,32)(H,28,30). The van der Waals surface area contributed by atoms with Gasteiger partial charge in [0.25, 0.3) is 5.91 Å². The molecule has 1 fully saturated rings. The molecule has 33 heavy (non-hydrogen) atoms. The van der Waals surface area contributed by atoms with Gasteiger partial charge in [0.05, 0.1) is 5.92 Å². The number of urea groups is 1. The number of amides is 4. The molecule has 0 radical (unpaired) electrons. The summed E-state index contributed by atoms with van der Waals surface area (Å²) in [6.07, 6.45) is 0.383. The molecule has 8 heteroatoms. The SMILES string of the molecule is O=C(NN1C(=O)NC(c2ccccc2)(c2ccccc2)C1=O)C1COc2ccc(Cl)cc2C1. The number of halogens is 1. The summed E-state index contributed by atoms with van der Waals surface area (Å²) in [6.45, 7) is 0.132. The second-order valence-corrected chi connectivity index (χ2v) is 8.43. The number of imide groups is 1. The molecule has 3 aromatic rings. The van der Waals surface area contributed by atoms with Crippen molar-refractivity contribution in [2.75, 3.05) is 6.61 Å². The normalized spacial score (nSPS) is 18.8. The Hall–Kier alpha value is -3.84. The van der Waals surface area contributed by atoms with Crippen LogP contribution < -0.4 is 15.5 Å². The lowest BCUT2D eigenvalue weighted by molar-refractivity contribution is -0.140. The topological polar surface area (TPSA) is 87.7 Å². The van der Waals surface area contributed by atoms with Gasteiger partial charge in [0, 0.05) is 5.02 Å². The van der Waals surface area contributed by atoms with Gasteiger partial charge < -0.3 is 10.1 Å². The Kier molecular flexibility index (Phi) is 5.26. The molecule has 5 rings (SSSR count). The molecule has 2 aliphatic rings. The number of nitrogens with one attached hydrogen (secondary N) is 2. The van der Waals surface area contributed by atoms with Gasteiger partial charge in [-0.2, -0.15) is 5.01 Å². The summed E-state index contributed by atoms with van der Waals surface area (Å²) >= 11 is 6.07. The molecule has 0 aromatic heterocycles. The van der Waals surface area contributed by atoms with Gasteiger partial charge in [-0.3, -0.25) is 15.0 Å². The van der Waals surface area contributed by atoms with Gasteiger partial charge in [0.15, 0.2) is 5.54 Å². The zero-order valence-electron chi connectivity index (χ0n) is 17.5. The van der Waals surface area contributed by atoms with E-state index in [9.17, 15) is 14.4 Å². The number of nitrogens with zero attached hydrogens (tertiary/aromatic N) is 1. The highest BCUT2D eigenvalue weighted by Crippen LogP contribution is 2.36. The highest BCUT2D eigenvalue weighted by molar-refractivity contribution is 6.30. The third-order valence-corrected chi connectivity index (χ3v) is 6.19. The monoisotopic (exact) mass is 461 g/mol. The third kappa shape index (κ3) is 3.60. The first-order chi connectivity index (χ1) is 16.0. The Morgan fingerprint density at radius 2 is 1.64 bits per heavy atom. The Labute approximate surface area is 195 Å². The van der Waals surface area contributed by atoms with Crippen LogP contribution in [0.1, 0.15) is 16.7 Å². The van der Waals surface area contributed by atoms with Gasteiger partial charge >= 0.3 is 6.03 Å². The molecule has 2 aliphatic heterocycles. The van der Waals surface area contributed by atoms with E-state index in [1.54, 1.807) is 66.7 Å². The maximum atomic E-state index is 13.7. The number of carbonyl (C=O) groups is 3. The Morgan fingerprint density at radius 1 is 1.00 bits per heavy atom. The van der Waals surface area contributed by atoms with Gasteiger partial charge in [0.1, 0.15) is 12.4 Å². The van der Waals surface area contributed by atoms with E-state index in [4.69, 9.17) is 16.3 Å². The van der Waals surface area contributed by atoms with Crippen molar-refractivity contribution in [1.82, 2.24) is 15.8 Å². The molecule has 2 heterocycles. The van der Waals surface area contributed by atoms with Crippen LogP contribution in [-0.2, 0) is 21.5 Å². The number of hydrogen-bond donors (Lipinski definition) is 2. The first kappa shape index (κ1) is 21.0. The molecule has 4 amide bonds. The highest BCUT2D eigenvalue weighted by Gasteiger charge is 2.54. The van der Waals surface area contributed by atoms with Crippen LogP contribution in [0.5, 0.6) is 5.75 Å². The van der Waals surface area contributed by atoms with E-state index in [0.717, 1.165) is 10.6 Å². The van der Waals surface area contributed by atoms with E-state index >= 15 is 0 Å². The number of carbonyl (C=O) groups excluding carboxylic acids is 3. The number of hydrogen-bond acceptors (Lipinski definition) is 4. The summed E-state index contributed by atoms with van der Waals surface area (Å²) < 4.78 is 5.69. The second-order valence-electron chi connectivity index (χ2n) is 7.99. The molecule has 7 nitrogen and oxygen atoms in total. The molecule has 1 unspecified atom stereocenters. The number of benzene rings is 3. The smallest absolute Gasteiger partial charge is 0.344 e. The lowest BCUT2D eigenvalue weighted by Gasteiger charge is -2.28. The molecule has 0 bridgehead atoms. The number of ether oxygens (including phenoxy) is 1. The lowest BCUT2D eigenvalue weighted by Crippen LogP contribution is -2.51. The number of rotatable bonds is 4. The molecule has 0 aliphatic carbocycles. The molecule has 166 valence electrons. The second kappa shape index (κ2) is 8.26. The quantitative estimate of drug-likeness (QED) is 0.583. The largest absolute Gasteiger partial charge is 0.492 e. The third-order valence-electron chi connectivity index (χ3n) is 5.96. The molecule has 1 atom stereocenters. The van der Waals surface area contributed by atoms with Gasteiger partial charge in [-0.25, -0.2) is 4.79 Å². The molecular formula is C25H20ClN3O4. The van der Waals surface area contributed by atoms with Crippen molar-refractivity contribution < 1.29 is 19.1 Å². The fraction of sp³-hybridized carbons (Fsp3) is 0.160. The molecule has 3 aromatic carbocycles. The minimum Gasteiger partial charge on any atom is -0.492 e. The fourth-order valence-electron chi connectivity index (χ4n) is 4.30. The van der Waals surface area contributed by atoms with E-state index in [-0.39, 0.29) is 6.61 Å². The van der Waals surface area contributed by atoms with Crippen LogP contribution >= 0.6 is 11.6 Å². The fourth-order valence-corrected chi connectivity index (χ4v) is 4.49. The molecule has 0 spiro atoms. The minimum absolute atomic E-state index is 0.132. The maximum Gasteiger partial charge on any atom is 0.344 e. The zero-order chi connectivity index (χ0) is 23.0. The van der Waals surface area contributed by atoms with Crippen molar-refractivity contribution in [2.24, 2.45) is 5.92 Å². The van der Waals surface area contributed by atoms with Crippen LogP contribution in [0.25, 0.3) is 0 Å². The van der Waals surface area contributed by atoms with Crippen molar-refractivity contribution in [2.45, 2.75) is 12.0 Å². The minimum atomic E-state index is -1.45. The predicted octanol–water partition coefficient (Wildman–Crippen LogP) is 3.42. The Morgan fingerprint density at radius 3 is 2.27 bits per heavy atom. The summed E-state index contributed by atoms with van der Waals surface area (Å²) in [7, 11) is 0. The molecule has 0 saturated carbocycles. The summed E-state index contributed by atoms with van der Waals surface area (Å²) in [5.41, 5.74) is 3.05. The summed E-state index contributed by atoms with van der Waals surface area (Å²) in [5, 5.41) is 4.11. The van der Waals surface area contributed by atoms with Crippen molar-refractivity contribution in [3.05, 3.63) is 101 Å². The molecule has 2 N–H and O–H groups in total. The van der Waals surface area contributed by atoms with Crippen LogP contribution in [-0.4, -0.2) is 29.5 Å². The first-order valence-corrected chi connectivity index (χ1v) is 10.9. The molecular weight excluding hydrogens is 442 g/mol. The molecule has 1 saturated heterocycles. The van der Waals surface area contributed by atoms with Crippen LogP contribution in [0.15, 0.2) is 78.9 Å². The average Bonchev–Trinajstić information content (AvgIpc) is 3.10. The van der Waals surface area contributed by atoms with Crippen LogP contribution in [0, 0.1) is 5.92 Å². The maximum absolute atomic E-state index is 13.7. The summed E-state index contributed by atoms with van der Waals surface area (Å²) in [4.78, 5) is 39.6. The average molecular weight is 462 g/mol. The number of fused-ring (bicyclic) bond motifs is 1. The van der Waals surface area contributed by atoms with Gasteiger partial charge in [-0.05, 0) is 41.3 Å². The van der Waals surface area contributed by atoms with E-state index < -0.39 is 29.3 Å². The van der Waals surface area contributed by atoms with Crippen LogP contribution in [0.3, 0.4) is 0 Å². The van der Waals surface area contributed by atoms with Crippen LogP contribution in [0.4, 0.5) is 4.79 Å². The van der Waals surface area contributed by atoms with Crippen molar-refractivity contribution in [1.29, 1.82) is 0 Å². The Bertz CT molecular complexity index is 1190. The summed E-state index contributed by atoms with van der Waals surface area (Å²) in [5.74, 6) is -0.981. The van der Waals surface area contributed by atoms with Crippen molar-refractivity contribution >= 4 is 29.4 Å². The number of hydrazine groups is 1. The van der Waals surface area contributed by atoms with Gasteiger partial charge in [0.2, 0.25) is 5.91 Å². The van der Waals surface area contributed by atoms with Crippen LogP contribution in [0.2, 0.25) is 5.02 Å². The van der Waals surface area contributed by atoms with E-state index in [1.807, 2.05) is 12.1 Å². The van der Waals surface area contributed by atoms with E-state index in [2.05, 4.69) is 10.7 Å². The Balaban J connectivity index is 1.43. The summed E-state index contributed by atoms with van der Waals surface area (Å²) in [6, 6.07) is 22.4. The predicted molar refractivity (Wildman–Crippen MR) is 121 cm³/mol. The first-order valence-electron chi connectivity index (χ1n) is 10.5. The van der Waals surface area contributed by atoms with E-state index in [0.29, 0.717) is 28.3 Å². The van der Waals surface area contributed by atoms with E-state index in [1.165, 1.54) is 0 Å². The lowest BCUT2D eigenvalue weighted by atomic mass is 9.83. The highest BCUT2D eigenvalue weighted by atomic mass is 35.5.